The number of hydrogen-bond donors (Lipinski definition) is 1. The van der Waals surface area contributed by atoms with Crippen molar-refractivity contribution in [2.45, 2.75) is 57.4 Å². The van der Waals surface area contributed by atoms with Crippen LogP contribution in [0.5, 0.6) is 0 Å². The molecular formula is C18H35N3. The van der Waals surface area contributed by atoms with E-state index >= 15 is 0 Å². The normalized spacial score (nSPS) is 35.7. The molecule has 0 aromatic carbocycles. The maximum Gasteiger partial charge on any atom is 0.0353 e. The van der Waals surface area contributed by atoms with Gasteiger partial charge in [0.2, 0.25) is 0 Å². The smallest absolute Gasteiger partial charge is 0.0353 e. The summed E-state index contributed by atoms with van der Waals surface area (Å²) in [5, 5.41) is 0. The number of nitrogens with zero attached hydrogens (tertiary/aromatic N) is 2. The molecule has 3 atom stereocenters. The molecule has 3 rings (SSSR count). The molecule has 0 aromatic rings. The average Bonchev–Trinajstić information content (AvgIpc) is 3.11. The molecule has 2 N–H and O–H groups in total. The lowest BCUT2D eigenvalue weighted by atomic mass is 9.83. The lowest BCUT2D eigenvalue weighted by Gasteiger charge is -2.48. The summed E-state index contributed by atoms with van der Waals surface area (Å²) < 4.78 is 0. The fraction of sp³-hybridized carbons (Fsp3) is 1.00. The van der Waals surface area contributed by atoms with Crippen LogP contribution in [0.1, 0.15) is 51.9 Å². The summed E-state index contributed by atoms with van der Waals surface area (Å²) in [5.74, 6) is 3.06. The molecule has 122 valence electrons. The molecule has 1 aliphatic heterocycles. The van der Waals surface area contributed by atoms with Crippen LogP contribution in [-0.2, 0) is 0 Å². The summed E-state index contributed by atoms with van der Waals surface area (Å²) in [6, 6.07) is 0. The van der Waals surface area contributed by atoms with Crippen LogP contribution < -0.4 is 5.73 Å². The molecule has 3 unspecified atom stereocenters. The zero-order chi connectivity index (χ0) is 14.9. The Morgan fingerprint density at radius 1 is 1.19 bits per heavy atom. The van der Waals surface area contributed by atoms with E-state index in [1.165, 1.54) is 71.1 Å². The number of nitrogens with two attached hydrogens (primary N) is 1. The fourth-order valence-electron chi connectivity index (χ4n) is 5.40. The molecule has 1 saturated heterocycles. The third kappa shape index (κ3) is 3.16. The minimum absolute atomic E-state index is 0.284. The van der Waals surface area contributed by atoms with Gasteiger partial charge in [-0.05, 0) is 83.0 Å². The first-order valence-corrected chi connectivity index (χ1v) is 9.30. The van der Waals surface area contributed by atoms with Crippen LogP contribution in [-0.4, -0.2) is 55.1 Å². The highest BCUT2D eigenvalue weighted by molar-refractivity contribution is 4.98. The minimum Gasteiger partial charge on any atom is -0.329 e. The summed E-state index contributed by atoms with van der Waals surface area (Å²) in [7, 11) is 2.36. The van der Waals surface area contributed by atoms with E-state index in [0.717, 1.165) is 24.3 Å². The first-order valence-electron chi connectivity index (χ1n) is 9.30. The number of piperidine rings is 1. The van der Waals surface area contributed by atoms with Gasteiger partial charge < -0.3 is 10.6 Å². The van der Waals surface area contributed by atoms with E-state index in [4.69, 9.17) is 5.73 Å². The molecule has 0 amide bonds. The van der Waals surface area contributed by atoms with E-state index < -0.39 is 0 Å². The number of fused-ring (bicyclic) bond motifs is 2. The topological polar surface area (TPSA) is 32.5 Å². The quantitative estimate of drug-likeness (QED) is 0.817. The second-order valence-corrected chi connectivity index (χ2v) is 8.09. The lowest BCUT2D eigenvalue weighted by molar-refractivity contribution is 0.0289. The molecule has 21 heavy (non-hydrogen) atoms. The van der Waals surface area contributed by atoms with Gasteiger partial charge in [0.25, 0.3) is 0 Å². The number of likely N-dealkylation sites (tertiary alicyclic amines) is 1. The molecule has 0 aromatic heterocycles. The standard InChI is InChI=1S/C18H35N3/c1-3-8-21-9-6-18(14-19,7-10-21)20(2)13-17-12-15-4-5-16(17)11-15/h15-17H,3-14,19H2,1-2H3. The fourth-order valence-corrected chi connectivity index (χ4v) is 5.40. The minimum atomic E-state index is 0.284. The van der Waals surface area contributed by atoms with Crippen molar-refractivity contribution in [3.63, 3.8) is 0 Å². The van der Waals surface area contributed by atoms with Crippen LogP contribution in [0.3, 0.4) is 0 Å². The number of rotatable bonds is 6. The van der Waals surface area contributed by atoms with Crippen molar-refractivity contribution in [2.75, 3.05) is 39.8 Å². The van der Waals surface area contributed by atoms with Crippen LogP contribution >= 0.6 is 0 Å². The van der Waals surface area contributed by atoms with Gasteiger partial charge in [0, 0.05) is 18.6 Å². The first-order chi connectivity index (χ1) is 10.2. The van der Waals surface area contributed by atoms with Crippen LogP contribution in [0, 0.1) is 17.8 Å². The Labute approximate surface area is 131 Å². The molecule has 3 heteroatoms. The van der Waals surface area contributed by atoms with Crippen molar-refractivity contribution in [3.05, 3.63) is 0 Å². The Hall–Kier alpha value is -0.120. The Kier molecular flexibility index (Phi) is 4.92. The molecule has 2 saturated carbocycles. The van der Waals surface area contributed by atoms with E-state index in [-0.39, 0.29) is 5.54 Å². The Morgan fingerprint density at radius 3 is 2.48 bits per heavy atom. The van der Waals surface area contributed by atoms with Gasteiger partial charge in [-0.1, -0.05) is 13.3 Å². The van der Waals surface area contributed by atoms with Crippen LogP contribution in [0.15, 0.2) is 0 Å². The molecule has 0 radical (unpaired) electrons. The summed E-state index contributed by atoms with van der Waals surface area (Å²) in [4.78, 5) is 5.29. The molecule has 1 heterocycles. The third-order valence-corrected chi connectivity index (χ3v) is 6.91. The maximum absolute atomic E-state index is 6.25. The molecule has 2 aliphatic carbocycles. The van der Waals surface area contributed by atoms with Crippen molar-refractivity contribution >= 4 is 0 Å². The van der Waals surface area contributed by atoms with Crippen molar-refractivity contribution < 1.29 is 0 Å². The van der Waals surface area contributed by atoms with Gasteiger partial charge in [-0.15, -0.1) is 0 Å². The van der Waals surface area contributed by atoms with Gasteiger partial charge in [-0.25, -0.2) is 0 Å². The monoisotopic (exact) mass is 293 g/mol. The summed E-state index contributed by atoms with van der Waals surface area (Å²) >= 11 is 0. The van der Waals surface area contributed by atoms with Gasteiger partial charge in [0.15, 0.2) is 0 Å². The number of likely N-dealkylation sites (N-methyl/N-ethyl adjacent to an activating group) is 1. The predicted octanol–water partition coefficient (Wildman–Crippen LogP) is 2.56. The highest BCUT2D eigenvalue weighted by atomic mass is 15.2. The molecule has 3 fully saturated rings. The lowest BCUT2D eigenvalue weighted by Crippen LogP contribution is -2.59. The zero-order valence-corrected chi connectivity index (χ0v) is 14.2. The summed E-state index contributed by atoms with van der Waals surface area (Å²) in [6.07, 6.45) is 9.84. The first kappa shape index (κ1) is 15.8. The maximum atomic E-state index is 6.25. The van der Waals surface area contributed by atoms with Gasteiger partial charge in [-0.3, -0.25) is 4.90 Å². The third-order valence-electron chi connectivity index (χ3n) is 6.91. The Morgan fingerprint density at radius 2 is 1.95 bits per heavy atom. The zero-order valence-electron chi connectivity index (χ0n) is 14.2. The van der Waals surface area contributed by atoms with Crippen LogP contribution in [0.4, 0.5) is 0 Å². The van der Waals surface area contributed by atoms with E-state index in [2.05, 4.69) is 23.8 Å². The Bertz CT molecular complexity index is 335. The van der Waals surface area contributed by atoms with E-state index in [0.29, 0.717) is 0 Å². The number of hydrogen-bond acceptors (Lipinski definition) is 3. The average molecular weight is 293 g/mol. The van der Waals surface area contributed by atoms with E-state index in [9.17, 15) is 0 Å². The molecular weight excluding hydrogens is 258 g/mol. The predicted molar refractivity (Wildman–Crippen MR) is 89.3 cm³/mol. The van der Waals surface area contributed by atoms with Gasteiger partial charge in [-0.2, -0.15) is 0 Å². The molecule has 3 nitrogen and oxygen atoms in total. The van der Waals surface area contributed by atoms with Crippen molar-refractivity contribution in [3.8, 4) is 0 Å². The van der Waals surface area contributed by atoms with Gasteiger partial charge in [0.1, 0.15) is 0 Å². The largest absolute Gasteiger partial charge is 0.329 e. The highest BCUT2D eigenvalue weighted by Gasteiger charge is 2.43. The SMILES string of the molecule is CCCN1CCC(CN)(N(C)CC2CC3CCC2C3)CC1. The van der Waals surface area contributed by atoms with Gasteiger partial charge >= 0.3 is 0 Å². The Balaban J connectivity index is 1.55. The van der Waals surface area contributed by atoms with Gasteiger partial charge in [0.05, 0.1) is 0 Å². The molecule has 2 bridgehead atoms. The van der Waals surface area contributed by atoms with Crippen LogP contribution in [0.25, 0.3) is 0 Å². The summed E-state index contributed by atoms with van der Waals surface area (Å²) in [6.45, 7) is 8.16. The highest BCUT2D eigenvalue weighted by Crippen LogP contribution is 2.49. The van der Waals surface area contributed by atoms with Crippen molar-refractivity contribution in [1.29, 1.82) is 0 Å². The molecule has 0 spiro atoms. The van der Waals surface area contributed by atoms with E-state index in [1.807, 2.05) is 0 Å². The summed E-state index contributed by atoms with van der Waals surface area (Å²) in [5.41, 5.74) is 6.53. The van der Waals surface area contributed by atoms with Crippen molar-refractivity contribution in [2.24, 2.45) is 23.5 Å². The second-order valence-electron chi connectivity index (χ2n) is 8.09. The van der Waals surface area contributed by atoms with Crippen molar-refractivity contribution in [1.82, 2.24) is 9.80 Å². The van der Waals surface area contributed by atoms with Crippen LogP contribution in [0.2, 0.25) is 0 Å². The second kappa shape index (κ2) is 6.55. The van der Waals surface area contributed by atoms with E-state index in [1.54, 1.807) is 0 Å². The molecule has 3 aliphatic rings.